The van der Waals surface area contributed by atoms with Crippen molar-refractivity contribution in [3.05, 3.63) is 23.9 Å². The Balaban J connectivity index is 1.43. The summed E-state index contributed by atoms with van der Waals surface area (Å²) in [6.45, 7) is 5.62. The van der Waals surface area contributed by atoms with Gasteiger partial charge in [0.25, 0.3) is 0 Å². The highest BCUT2D eigenvalue weighted by atomic mass is 16.5. The first-order valence-corrected chi connectivity index (χ1v) is 9.72. The summed E-state index contributed by atoms with van der Waals surface area (Å²) in [6.07, 6.45) is 4.20. The fourth-order valence-electron chi connectivity index (χ4n) is 3.83. The summed E-state index contributed by atoms with van der Waals surface area (Å²) >= 11 is 0. The second-order valence-corrected chi connectivity index (χ2v) is 7.96. The van der Waals surface area contributed by atoms with Crippen molar-refractivity contribution in [3.63, 3.8) is 0 Å². The van der Waals surface area contributed by atoms with Gasteiger partial charge >= 0.3 is 6.03 Å². The monoisotopic (exact) mass is 374 g/mol. The van der Waals surface area contributed by atoms with Crippen molar-refractivity contribution in [2.75, 3.05) is 46.9 Å². The van der Waals surface area contributed by atoms with E-state index in [1.807, 2.05) is 28.9 Å². The molecule has 0 bridgehead atoms. The standard InChI is InChI=1S/C20H30N4O3/c1-15-4-7-21-18(10-15)27-14-17-11-19(25)24(13-17)12-16-5-8-23(9-6-16)20(26)22(2)3/h4,7,10,16-17H,5-6,8-9,11-14H2,1-3H3. The molecule has 0 saturated carbocycles. The molecule has 3 amide bonds. The van der Waals surface area contributed by atoms with E-state index >= 15 is 0 Å². The van der Waals surface area contributed by atoms with Crippen LogP contribution in [-0.4, -0.2) is 78.5 Å². The number of ether oxygens (including phenoxy) is 1. The maximum atomic E-state index is 12.4. The number of carbonyl (C=O) groups excluding carboxylic acids is 2. The molecule has 0 N–H and O–H groups in total. The van der Waals surface area contributed by atoms with Gasteiger partial charge in [-0.15, -0.1) is 0 Å². The van der Waals surface area contributed by atoms with Crippen LogP contribution in [-0.2, 0) is 4.79 Å². The summed E-state index contributed by atoms with van der Waals surface area (Å²) in [5.41, 5.74) is 1.11. The number of likely N-dealkylation sites (tertiary alicyclic amines) is 2. The maximum absolute atomic E-state index is 12.4. The molecule has 0 aliphatic carbocycles. The molecule has 1 atom stereocenters. The zero-order valence-corrected chi connectivity index (χ0v) is 16.6. The number of amides is 3. The quantitative estimate of drug-likeness (QED) is 0.791. The Morgan fingerprint density at radius 1 is 1.30 bits per heavy atom. The molecule has 3 rings (SSSR count). The first kappa shape index (κ1) is 19.5. The number of nitrogens with zero attached hydrogens (tertiary/aromatic N) is 4. The number of piperidine rings is 1. The summed E-state index contributed by atoms with van der Waals surface area (Å²) in [5.74, 6) is 1.53. The highest BCUT2D eigenvalue weighted by Gasteiger charge is 2.33. The molecular weight excluding hydrogens is 344 g/mol. The first-order valence-electron chi connectivity index (χ1n) is 9.72. The Morgan fingerprint density at radius 2 is 2.04 bits per heavy atom. The van der Waals surface area contributed by atoms with Crippen molar-refractivity contribution in [2.45, 2.75) is 26.2 Å². The van der Waals surface area contributed by atoms with Crippen molar-refractivity contribution in [1.82, 2.24) is 19.7 Å². The Bertz CT molecular complexity index is 671. The predicted octanol–water partition coefficient (Wildman–Crippen LogP) is 2.01. The molecule has 0 aromatic carbocycles. The number of carbonyl (C=O) groups is 2. The summed E-state index contributed by atoms with van der Waals surface area (Å²) in [4.78, 5) is 34.1. The molecule has 1 aromatic rings. The average molecular weight is 374 g/mol. The van der Waals surface area contributed by atoms with E-state index < -0.39 is 0 Å². The van der Waals surface area contributed by atoms with Gasteiger partial charge in [-0.3, -0.25) is 4.79 Å². The molecule has 2 saturated heterocycles. The molecule has 27 heavy (non-hydrogen) atoms. The van der Waals surface area contributed by atoms with Crippen molar-refractivity contribution in [2.24, 2.45) is 11.8 Å². The first-order chi connectivity index (χ1) is 12.9. The Morgan fingerprint density at radius 3 is 2.70 bits per heavy atom. The van der Waals surface area contributed by atoms with Crippen molar-refractivity contribution in [3.8, 4) is 5.88 Å². The molecule has 7 heteroatoms. The maximum Gasteiger partial charge on any atom is 0.319 e. The predicted molar refractivity (Wildman–Crippen MR) is 103 cm³/mol. The lowest BCUT2D eigenvalue weighted by molar-refractivity contribution is -0.128. The molecule has 148 valence electrons. The molecule has 0 radical (unpaired) electrons. The van der Waals surface area contributed by atoms with Gasteiger partial charge in [-0.1, -0.05) is 0 Å². The van der Waals surface area contributed by atoms with Crippen LogP contribution in [0.3, 0.4) is 0 Å². The topological polar surface area (TPSA) is 66.0 Å². The van der Waals surface area contributed by atoms with E-state index in [-0.39, 0.29) is 17.9 Å². The fraction of sp³-hybridized carbons (Fsp3) is 0.650. The number of aromatic nitrogens is 1. The minimum absolute atomic E-state index is 0.0765. The largest absolute Gasteiger partial charge is 0.477 e. The van der Waals surface area contributed by atoms with Crippen LogP contribution < -0.4 is 4.74 Å². The van der Waals surface area contributed by atoms with Crippen LogP contribution in [0.25, 0.3) is 0 Å². The van der Waals surface area contributed by atoms with Crippen LogP contribution in [0.4, 0.5) is 4.79 Å². The van der Waals surface area contributed by atoms with E-state index in [1.54, 1.807) is 25.2 Å². The smallest absolute Gasteiger partial charge is 0.319 e. The summed E-state index contributed by atoms with van der Waals surface area (Å²) in [5, 5.41) is 0. The van der Waals surface area contributed by atoms with Crippen LogP contribution in [0.15, 0.2) is 18.3 Å². The van der Waals surface area contributed by atoms with Gasteiger partial charge in [0.15, 0.2) is 0 Å². The van der Waals surface area contributed by atoms with Crippen LogP contribution >= 0.6 is 0 Å². The van der Waals surface area contributed by atoms with Crippen LogP contribution in [0.5, 0.6) is 5.88 Å². The second kappa shape index (κ2) is 8.59. The van der Waals surface area contributed by atoms with Gasteiger partial charge in [-0.25, -0.2) is 9.78 Å². The minimum atomic E-state index is 0.0765. The fourth-order valence-corrected chi connectivity index (χ4v) is 3.83. The number of aryl methyl sites for hydroxylation is 1. The second-order valence-electron chi connectivity index (χ2n) is 7.96. The van der Waals surface area contributed by atoms with Gasteiger partial charge in [-0.2, -0.15) is 0 Å². The third kappa shape index (κ3) is 5.11. The number of hydrogen-bond donors (Lipinski definition) is 0. The summed E-state index contributed by atoms with van der Waals surface area (Å²) < 4.78 is 5.78. The molecule has 2 fully saturated rings. The van der Waals surface area contributed by atoms with Gasteiger partial charge in [0, 0.05) is 64.9 Å². The summed E-state index contributed by atoms with van der Waals surface area (Å²) in [6, 6.07) is 3.93. The highest BCUT2D eigenvalue weighted by Crippen LogP contribution is 2.24. The van der Waals surface area contributed by atoms with E-state index in [9.17, 15) is 9.59 Å². The average Bonchev–Trinajstić information content (AvgIpc) is 2.99. The third-order valence-electron chi connectivity index (χ3n) is 5.40. The van der Waals surface area contributed by atoms with Crippen molar-refractivity contribution in [1.29, 1.82) is 0 Å². The molecule has 3 heterocycles. The molecule has 1 aromatic heterocycles. The van der Waals surface area contributed by atoms with Gasteiger partial charge in [0.2, 0.25) is 11.8 Å². The summed E-state index contributed by atoms with van der Waals surface area (Å²) in [7, 11) is 3.57. The van der Waals surface area contributed by atoms with Crippen molar-refractivity contribution >= 4 is 11.9 Å². The molecule has 2 aliphatic heterocycles. The van der Waals surface area contributed by atoms with E-state index in [4.69, 9.17) is 4.74 Å². The van der Waals surface area contributed by atoms with Gasteiger partial charge in [0.05, 0.1) is 6.61 Å². The van der Waals surface area contributed by atoms with E-state index in [2.05, 4.69) is 4.98 Å². The molecule has 2 aliphatic rings. The van der Waals surface area contributed by atoms with Gasteiger partial charge in [-0.05, 0) is 37.3 Å². The molecule has 0 spiro atoms. The highest BCUT2D eigenvalue weighted by molar-refractivity contribution is 5.78. The van der Waals surface area contributed by atoms with E-state index in [0.29, 0.717) is 24.8 Å². The molecule has 7 nitrogen and oxygen atoms in total. The van der Waals surface area contributed by atoms with Crippen LogP contribution in [0.1, 0.15) is 24.8 Å². The Labute approximate surface area is 161 Å². The lowest BCUT2D eigenvalue weighted by Gasteiger charge is -2.35. The van der Waals surface area contributed by atoms with Crippen LogP contribution in [0, 0.1) is 18.8 Å². The lowest BCUT2D eigenvalue weighted by Crippen LogP contribution is -2.45. The Hall–Kier alpha value is -2.31. The van der Waals surface area contributed by atoms with Gasteiger partial charge < -0.3 is 19.4 Å². The van der Waals surface area contributed by atoms with Gasteiger partial charge in [0.1, 0.15) is 0 Å². The Kier molecular flexibility index (Phi) is 6.19. The number of hydrogen-bond acceptors (Lipinski definition) is 4. The number of rotatable bonds is 5. The van der Waals surface area contributed by atoms with E-state index in [0.717, 1.165) is 44.6 Å². The lowest BCUT2D eigenvalue weighted by atomic mass is 9.96. The SMILES string of the molecule is Cc1ccnc(OCC2CC(=O)N(CC3CCN(C(=O)N(C)C)CC3)C2)c1. The number of urea groups is 1. The molecule has 1 unspecified atom stereocenters. The van der Waals surface area contributed by atoms with E-state index in [1.165, 1.54) is 0 Å². The number of pyridine rings is 1. The third-order valence-corrected chi connectivity index (χ3v) is 5.40. The van der Waals surface area contributed by atoms with Crippen LogP contribution in [0.2, 0.25) is 0 Å². The zero-order chi connectivity index (χ0) is 19.4. The minimum Gasteiger partial charge on any atom is -0.477 e. The van der Waals surface area contributed by atoms with Crippen molar-refractivity contribution < 1.29 is 14.3 Å². The normalized spacial score (nSPS) is 20.9. The molecular formula is C20H30N4O3. The zero-order valence-electron chi connectivity index (χ0n) is 16.6.